The first-order chi connectivity index (χ1) is 5.81. The van der Waals surface area contributed by atoms with E-state index in [0.29, 0.717) is 5.17 Å². The van der Waals surface area contributed by atoms with E-state index in [2.05, 4.69) is 10.3 Å². The third kappa shape index (κ3) is 1.58. The topological polar surface area (TPSA) is 61.7 Å². The van der Waals surface area contributed by atoms with Crippen LogP contribution in [0.4, 0.5) is 0 Å². The van der Waals surface area contributed by atoms with Crippen LogP contribution in [-0.2, 0) is 4.79 Å². The summed E-state index contributed by atoms with van der Waals surface area (Å²) in [7, 11) is 1.61. The summed E-state index contributed by atoms with van der Waals surface area (Å²) in [5, 5.41) is 13.0. The highest BCUT2D eigenvalue weighted by atomic mass is 32.2. The fraction of sp³-hybridized carbons (Fsp3) is 0.750. The van der Waals surface area contributed by atoms with Crippen LogP contribution in [0.15, 0.2) is 4.99 Å². The number of rotatable bonds is 1. The SMILES string of the molecule is CN=C1NC(=O)C(C)(C(C)(C)O)S1. The normalized spacial score (nSPS) is 32.4. The van der Waals surface area contributed by atoms with Crippen molar-refractivity contribution in [3.8, 4) is 0 Å². The third-order valence-corrected chi connectivity index (χ3v) is 3.90. The van der Waals surface area contributed by atoms with Gasteiger partial charge in [0.05, 0.1) is 5.60 Å². The monoisotopic (exact) mass is 202 g/mol. The Labute approximate surface area is 81.8 Å². The molecule has 1 rings (SSSR count). The van der Waals surface area contributed by atoms with E-state index in [9.17, 15) is 9.90 Å². The predicted molar refractivity (Wildman–Crippen MR) is 53.8 cm³/mol. The molecule has 13 heavy (non-hydrogen) atoms. The van der Waals surface area contributed by atoms with Crippen LogP contribution in [0.5, 0.6) is 0 Å². The van der Waals surface area contributed by atoms with Crippen molar-refractivity contribution < 1.29 is 9.90 Å². The largest absolute Gasteiger partial charge is 0.388 e. The van der Waals surface area contributed by atoms with Crippen LogP contribution in [0.2, 0.25) is 0 Å². The van der Waals surface area contributed by atoms with Gasteiger partial charge < -0.3 is 10.4 Å². The highest BCUT2D eigenvalue weighted by Crippen LogP contribution is 2.40. The molecule has 1 aliphatic heterocycles. The molecule has 4 nitrogen and oxygen atoms in total. The summed E-state index contributed by atoms with van der Waals surface area (Å²) in [6, 6.07) is 0. The molecule has 0 saturated carbocycles. The van der Waals surface area contributed by atoms with Gasteiger partial charge in [0, 0.05) is 7.05 Å². The molecule has 1 heterocycles. The lowest BCUT2D eigenvalue weighted by molar-refractivity contribution is -0.126. The maximum Gasteiger partial charge on any atom is 0.245 e. The van der Waals surface area contributed by atoms with E-state index in [-0.39, 0.29) is 5.91 Å². The zero-order valence-electron chi connectivity index (χ0n) is 8.21. The van der Waals surface area contributed by atoms with Gasteiger partial charge in [-0.2, -0.15) is 0 Å². The van der Waals surface area contributed by atoms with Gasteiger partial charge in [-0.05, 0) is 20.8 Å². The van der Waals surface area contributed by atoms with Gasteiger partial charge >= 0.3 is 0 Å². The van der Waals surface area contributed by atoms with Gasteiger partial charge in [-0.1, -0.05) is 11.8 Å². The van der Waals surface area contributed by atoms with E-state index in [1.165, 1.54) is 11.8 Å². The minimum atomic E-state index is -1.06. The van der Waals surface area contributed by atoms with Crippen molar-refractivity contribution in [2.75, 3.05) is 7.05 Å². The van der Waals surface area contributed by atoms with Crippen molar-refractivity contribution in [2.24, 2.45) is 4.99 Å². The molecule has 0 aliphatic carbocycles. The second-order valence-electron chi connectivity index (χ2n) is 3.68. The first kappa shape index (κ1) is 10.5. The molecule has 5 heteroatoms. The lowest BCUT2D eigenvalue weighted by Gasteiger charge is -2.32. The molecule has 0 aromatic rings. The number of aliphatic hydroxyl groups is 1. The molecule has 1 amide bonds. The molecule has 1 unspecified atom stereocenters. The van der Waals surface area contributed by atoms with E-state index in [1.807, 2.05) is 0 Å². The number of carbonyl (C=O) groups is 1. The lowest BCUT2D eigenvalue weighted by Crippen LogP contribution is -2.50. The van der Waals surface area contributed by atoms with Crippen molar-refractivity contribution >= 4 is 22.8 Å². The standard InChI is InChI=1S/C8H14N2O2S/c1-7(2,12)8(3)5(11)10-6(9-4)13-8/h12H,1-4H3,(H,9,10,11). The number of amidine groups is 1. The van der Waals surface area contributed by atoms with Crippen LogP contribution in [0.3, 0.4) is 0 Å². The maximum absolute atomic E-state index is 11.5. The number of nitrogens with zero attached hydrogens (tertiary/aromatic N) is 1. The summed E-state index contributed by atoms with van der Waals surface area (Å²) in [6.07, 6.45) is 0. The van der Waals surface area contributed by atoms with Crippen LogP contribution in [0.25, 0.3) is 0 Å². The summed E-state index contributed by atoms with van der Waals surface area (Å²) in [5.41, 5.74) is -1.06. The predicted octanol–water partition coefficient (Wildman–Crippen LogP) is 0.365. The van der Waals surface area contributed by atoms with Crippen molar-refractivity contribution in [1.82, 2.24) is 5.32 Å². The van der Waals surface area contributed by atoms with Crippen molar-refractivity contribution in [3.63, 3.8) is 0 Å². The Bertz CT molecular complexity index is 270. The molecular weight excluding hydrogens is 188 g/mol. The van der Waals surface area contributed by atoms with Gasteiger partial charge in [-0.15, -0.1) is 0 Å². The number of nitrogens with one attached hydrogen (secondary N) is 1. The molecule has 0 aromatic heterocycles. The molecule has 0 bridgehead atoms. The number of hydrogen-bond donors (Lipinski definition) is 2. The Balaban J connectivity index is 3.01. The van der Waals surface area contributed by atoms with E-state index < -0.39 is 10.3 Å². The van der Waals surface area contributed by atoms with E-state index in [1.54, 1.807) is 27.8 Å². The first-order valence-corrected chi connectivity index (χ1v) is 4.82. The van der Waals surface area contributed by atoms with Gasteiger partial charge in [0.1, 0.15) is 4.75 Å². The summed E-state index contributed by atoms with van der Waals surface area (Å²) < 4.78 is -0.845. The fourth-order valence-electron chi connectivity index (χ4n) is 0.986. The van der Waals surface area contributed by atoms with Gasteiger partial charge in [0.25, 0.3) is 0 Å². The van der Waals surface area contributed by atoms with Crippen molar-refractivity contribution in [3.05, 3.63) is 0 Å². The Kier molecular flexibility index (Phi) is 2.42. The average molecular weight is 202 g/mol. The number of carbonyl (C=O) groups excluding carboxylic acids is 1. The van der Waals surface area contributed by atoms with Crippen LogP contribution >= 0.6 is 11.8 Å². The van der Waals surface area contributed by atoms with Crippen molar-refractivity contribution in [1.29, 1.82) is 0 Å². The fourth-order valence-corrected chi connectivity index (χ4v) is 2.00. The molecule has 1 atom stereocenters. The summed E-state index contributed by atoms with van der Waals surface area (Å²) in [5.74, 6) is -0.189. The zero-order valence-corrected chi connectivity index (χ0v) is 9.03. The molecule has 1 fully saturated rings. The van der Waals surface area contributed by atoms with E-state index in [4.69, 9.17) is 0 Å². The average Bonchev–Trinajstić information content (AvgIpc) is 2.28. The number of hydrogen-bond acceptors (Lipinski definition) is 4. The Morgan fingerprint density at radius 3 is 2.38 bits per heavy atom. The second kappa shape index (κ2) is 2.99. The second-order valence-corrected chi connectivity index (χ2v) is 5.08. The van der Waals surface area contributed by atoms with E-state index >= 15 is 0 Å². The van der Waals surface area contributed by atoms with Gasteiger partial charge in [-0.3, -0.25) is 9.79 Å². The molecule has 74 valence electrons. The molecular formula is C8H14N2O2S. The van der Waals surface area contributed by atoms with E-state index in [0.717, 1.165) is 0 Å². The van der Waals surface area contributed by atoms with Gasteiger partial charge in [-0.25, -0.2) is 0 Å². The minimum Gasteiger partial charge on any atom is -0.388 e. The highest BCUT2D eigenvalue weighted by molar-refractivity contribution is 8.16. The number of thioether (sulfide) groups is 1. The molecule has 2 N–H and O–H groups in total. The first-order valence-electron chi connectivity index (χ1n) is 4.01. The maximum atomic E-state index is 11.5. The van der Waals surface area contributed by atoms with Crippen molar-refractivity contribution in [2.45, 2.75) is 31.1 Å². The van der Waals surface area contributed by atoms with Gasteiger partial charge in [0.2, 0.25) is 5.91 Å². The number of aliphatic imine (C=N–C) groups is 1. The molecule has 0 aromatic carbocycles. The molecule has 1 aliphatic rings. The van der Waals surface area contributed by atoms with Crippen LogP contribution < -0.4 is 5.32 Å². The smallest absolute Gasteiger partial charge is 0.245 e. The Morgan fingerprint density at radius 2 is 2.15 bits per heavy atom. The van der Waals surface area contributed by atoms with Gasteiger partial charge in [0.15, 0.2) is 5.17 Å². The Morgan fingerprint density at radius 1 is 1.62 bits per heavy atom. The van der Waals surface area contributed by atoms with Crippen LogP contribution in [0.1, 0.15) is 20.8 Å². The summed E-state index contributed by atoms with van der Waals surface area (Å²) in [4.78, 5) is 15.4. The third-order valence-electron chi connectivity index (χ3n) is 2.33. The molecule has 1 saturated heterocycles. The Hall–Kier alpha value is -0.550. The van der Waals surface area contributed by atoms with Crippen LogP contribution in [0, 0.1) is 0 Å². The zero-order chi connectivity index (χ0) is 10.3. The summed E-state index contributed by atoms with van der Waals surface area (Å²) in [6.45, 7) is 4.96. The minimum absolute atomic E-state index is 0.189. The summed E-state index contributed by atoms with van der Waals surface area (Å²) >= 11 is 1.27. The number of amides is 1. The lowest BCUT2D eigenvalue weighted by atomic mass is 9.91. The molecule has 0 radical (unpaired) electrons. The van der Waals surface area contributed by atoms with Crippen LogP contribution in [-0.4, -0.2) is 33.6 Å². The highest BCUT2D eigenvalue weighted by Gasteiger charge is 2.52. The molecule has 0 spiro atoms. The quantitative estimate of drug-likeness (QED) is 0.645.